The molecule has 1 heterocycles. The molecule has 0 N–H and O–H groups in total. The molecule has 20 heavy (non-hydrogen) atoms. The van der Waals surface area contributed by atoms with Crippen LogP contribution in [-0.2, 0) is 4.79 Å². The van der Waals surface area contributed by atoms with E-state index >= 15 is 0 Å². The molecule has 1 atom stereocenters. The number of carbonyl (C=O) groups is 1. The van der Waals surface area contributed by atoms with Crippen LogP contribution in [0.1, 0.15) is 38.2 Å². The van der Waals surface area contributed by atoms with Gasteiger partial charge in [0.25, 0.3) is 5.91 Å². The van der Waals surface area contributed by atoms with Gasteiger partial charge in [-0.05, 0) is 44.4 Å². The van der Waals surface area contributed by atoms with Crippen molar-refractivity contribution in [2.75, 3.05) is 13.1 Å². The first-order valence-electron chi connectivity index (χ1n) is 7.29. The van der Waals surface area contributed by atoms with Gasteiger partial charge in [0.1, 0.15) is 5.75 Å². The minimum absolute atomic E-state index is 0.103. The molecule has 4 heteroatoms. The highest BCUT2D eigenvalue weighted by Gasteiger charge is 2.23. The number of likely N-dealkylation sites (tertiary alicyclic amines) is 1. The van der Waals surface area contributed by atoms with E-state index in [2.05, 4.69) is 15.9 Å². The monoisotopic (exact) mass is 339 g/mol. The van der Waals surface area contributed by atoms with E-state index in [1.54, 1.807) is 0 Å². The molecule has 1 fully saturated rings. The van der Waals surface area contributed by atoms with Crippen molar-refractivity contribution < 1.29 is 9.53 Å². The fourth-order valence-corrected chi connectivity index (χ4v) is 2.83. The van der Waals surface area contributed by atoms with Gasteiger partial charge in [-0.3, -0.25) is 4.79 Å². The molecule has 0 aromatic heterocycles. The van der Waals surface area contributed by atoms with Crippen LogP contribution < -0.4 is 4.74 Å². The Labute approximate surface area is 129 Å². The third-order valence-corrected chi connectivity index (χ3v) is 4.21. The molecule has 0 radical (unpaired) electrons. The van der Waals surface area contributed by atoms with E-state index in [9.17, 15) is 4.79 Å². The number of benzene rings is 1. The molecule has 0 aliphatic carbocycles. The Morgan fingerprint density at radius 3 is 2.55 bits per heavy atom. The molecule has 1 aromatic carbocycles. The Balaban J connectivity index is 2.01. The predicted molar refractivity (Wildman–Crippen MR) is 84.0 cm³/mol. The van der Waals surface area contributed by atoms with Gasteiger partial charge in [0.05, 0.1) is 0 Å². The van der Waals surface area contributed by atoms with Crippen LogP contribution in [0.2, 0.25) is 0 Å². The number of amides is 1. The van der Waals surface area contributed by atoms with Gasteiger partial charge in [0.2, 0.25) is 0 Å². The van der Waals surface area contributed by atoms with E-state index in [0.717, 1.165) is 41.7 Å². The van der Waals surface area contributed by atoms with E-state index in [4.69, 9.17) is 4.74 Å². The minimum Gasteiger partial charge on any atom is -0.481 e. The molecule has 1 amide bonds. The molecule has 1 aliphatic heterocycles. The number of nitrogens with zero attached hydrogens (tertiary/aromatic N) is 1. The summed E-state index contributed by atoms with van der Waals surface area (Å²) in [6.07, 6.45) is 4.23. The summed E-state index contributed by atoms with van der Waals surface area (Å²) in [5.74, 6) is 0.876. The van der Waals surface area contributed by atoms with Crippen molar-refractivity contribution in [3.8, 4) is 5.75 Å². The van der Waals surface area contributed by atoms with E-state index in [1.807, 2.05) is 36.9 Å². The summed E-state index contributed by atoms with van der Waals surface area (Å²) in [5.41, 5.74) is 1.05. The first-order chi connectivity index (χ1) is 9.58. The lowest BCUT2D eigenvalue weighted by Crippen LogP contribution is -2.41. The van der Waals surface area contributed by atoms with Gasteiger partial charge >= 0.3 is 0 Å². The zero-order chi connectivity index (χ0) is 14.5. The molecule has 3 nitrogen and oxygen atoms in total. The maximum absolute atomic E-state index is 12.4. The summed E-state index contributed by atoms with van der Waals surface area (Å²) in [5, 5.41) is 0. The minimum atomic E-state index is -0.430. The molecule has 1 aromatic rings. The van der Waals surface area contributed by atoms with Gasteiger partial charge < -0.3 is 9.64 Å². The second-order valence-corrected chi connectivity index (χ2v) is 6.33. The molecule has 1 aliphatic rings. The Bertz CT molecular complexity index is 468. The summed E-state index contributed by atoms with van der Waals surface area (Å²) in [7, 11) is 0. The number of carbonyl (C=O) groups excluding carboxylic acids is 1. The second-order valence-electron chi connectivity index (χ2n) is 5.41. The van der Waals surface area contributed by atoms with Crippen LogP contribution in [0.5, 0.6) is 5.75 Å². The lowest BCUT2D eigenvalue weighted by atomic mass is 10.2. The Hall–Kier alpha value is -1.03. The third kappa shape index (κ3) is 3.98. The maximum Gasteiger partial charge on any atom is 0.263 e. The second kappa shape index (κ2) is 7.11. The number of hydrogen-bond donors (Lipinski definition) is 0. The summed E-state index contributed by atoms with van der Waals surface area (Å²) < 4.78 is 6.83. The zero-order valence-corrected chi connectivity index (χ0v) is 13.8. The lowest BCUT2D eigenvalue weighted by molar-refractivity contribution is -0.137. The molecule has 1 unspecified atom stereocenters. The van der Waals surface area contributed by atoms with Crippen LogP contribution in [-0.4, -0.2) is 30.0 Å². The number of ether oxygens (including phenoxy) is 1. The highest BCUT2D eigenvalue weighted by molar-refractivity contribution is 9.10. The molecule has 0 spiro atoms. The topological polar surface area (TPSA) is 29.5 Å². The summed E-state index contributed by atoms with van der Waals surface area (Å²) in [6.45, 7) is 5.56. The third-order valence-electron chi connectivity index (χ3n) is 3.72. The maximum atomic E-state index is 12.4. The van der Waals surface area contributed by atoms with Gasteiger partial charge in [-0.2, -0.15) is 0 Å². The fraction of sp³-hybridized carbons (Fsp3) is 0.562. The van der Waals surface area contributed by atoms with Crippen molar-refractivity contribution in [2.45, 2.75) is 45.6 Å². The molecule has 0 bridgehead atoms. The Morgan fingerprint density at radius 1 is 1.25 bits per heavy atom. The first-order valence-corrected chi connectivity index (χ1v) is 8.09. The predicted octanol–water partition coefficient (Wildman–Crippen LogP) is 3.93. The quantitative estimate of drug-likeness (QED) is 0.834. The van der Waals surface area contributed by atoms with Gasteiger partial charge in [-0.1, -0.05) is 34.8 Å². The highest BCUT2D eigenvalue weighted by Crippen LogP contribution is 2.24. The molecule has 110 valence electrons. The van der Waals surface area contributed by atoms with Crippen LogP contribution in [0, 0.1) is 6.92 Å². The van der Waals surface area contributed by atoms with Crippen LogP contribution >= 0.6 is 15.9 Å². The van der Waals surface area contributed by atoms with Crippen molar-refractivity contribution >= 4 is 21.8 Å². The molecule has 1 saturated heterocycles. The number of rotatable bonds is 3. The van der Waals surface area contributed by atoms with Crippen LogP contribution in [0.4, 0.5) is 0 Å². The van der Waals surface area contributed by atoms with Gasteiger partial charge in [0, 0.05) is 17.6 Å². The normalized spacial score (nSPS) is 17.4. The van der Waals surface area contributed by atoms with Crippen molar-refractivity contribution in [2.24, 2.45) is 0 Å². The van der Waals surface area contributed by atoms with Gasteiger partial charge in [-0.15, -0.1) is 0 Å². The van der Waals surface area contributed by atoms with Crippen molar-refractivity contribution in [3.63, 3.8) is 0 Å². The largest absolute Gasteiger partial charge is 0.481 e. The summed E-state index contributed by atoms with van der Waals surface area (Å²) in [4.78, 5) is 14.4. The fourth-order valence-electron chi connectivity index (χ4n) is 2.49. The Morgan fingerprint density at radius 2 is 1.90 bits per heavy atom. The van der Waals surface area contributed by atoms with Crippen LogP contribution in [0.15, 0.2) is 22.7 Å². The summed E-state index contributed by atoms with van der Waals surface area (Å²) in [6, 6.07) is 5.88. The standard InChI is InChI=1S/C16H22BrNO2/c1-12-7-8-14(17)11-15(12)20-13(2)16(19)18-9-5-3-4-6-10-18/h7-8,11,13H,3-6,9-10H2,1-2H3. The van der Waals surface area contributed by atoms with E-state index in [1.165, 1.54) is 12.8 Å². The molecule has 0 saturated carbocycles. The molecule has 2 rings (SSSR count). The van der Waals surface area contributed by atoms with Gasteiger partial charge in [0.15, 0.2) is 6.10 Å². The van der Waals surface area contributed by atoms with Crippen LogP contribution in [0.3, 0.4) is 0 Å². The van der Waals surface area contributed by atoms with Gasteiger partial charge in [-0.25, -0.2) is 0 Å². The number of halogens is 1. The average Bonchev–Trinajstić information content (AvgIpc) is 2.71. The van der Waals surface area contributed by atoms with E-state index in [0.29, 0.717) is 0 Å². The average molecular weight is 340 g/mol. The van der Waals surface area contributed by atoms with E-state index in [-0.39, 0.29) is 5.91 Å². The molecular formula is C16H22BrNO2. The number of aryl methyl sites for hydroxylation is 1. The summed E-state index contributed by atoms with van der Waals surface area (Å²) >= 11 is 3.43. The van der Waals surface area contributed by atoms with Crippen molar-refractivity contribution in [3.05, 3.63) is 28.2 Å². The zero-order valence-electron chi connectivity index (χ0n) is 12.2. The highest BCUT2D eigenvalue weighted by atomic mass is 79.9. The first kappa shape index (κ1) is 15.4. The number of hydrogen-bond acceptors (Lipinski definition) is 2. The van der Waals surface area contributed by atoms with Crippen molar-refractivity contribution in [1.29, 1.82) is 0 Å². The lowest BCUT2D eigenvalue weighted by Gasteiger charge is -2.25. The smallest absolute Gasteiger partial charge is 0.263 e. The van der Waals surface area contributed by atoms with E-state index < -0.39 is 6.10 Å². The molecular weight excluding hydrogens is 318 g/mol. The van der Waals surface area contributed by atoms with Crippen molar-refractivity contribution in [1.82, 2.24) is 4.90 Å². The Kier molecular flexibility index (Phi) is 5.46. The SMILES string of the molecule is Cc1ccc(Br)cc1OC(C)C(=O)N1CCCCCC1. The van der Waals surface area contributed by atoms with Crippen LogP contribution in [0.25, 0.3) is 0 Å².